The van der Waals surface area contributed by atoms with Gasteiger partial charge in [-0.25, -0.2) is 0 Å². The highest BCUT2D eigenvalue weighted by Gasteiger charge is 2.10. The van der Waals surface area contributed by atoms with E-state index in [1.165, 1.54) is 33.4 Å². The molecule has 0 heterocycles. The molecule has 0 radical (unpaired) electrons. The minimum absolute atomic E-state index is 0.885. The lowest BCUT2D eigenvalue weighted by Gasteiger charge is -2.14. The Hall–Kier alpha value is -3.58. The molecule has 0 saturated carbocycles. The molecule has 3 aromatic carbocycles. The number of hydrogen-bond acceptors (Lipinski definition) is 1. The summed E-state index contributed by atoms with van der Waals surface area (Å²) in [7, 11) is 0. The summed E-state index contributed by atoms with van der Waals surface area (Å²) in [6.45, 7) is 2.09. The van der Waals surface area contributed by atoms with Crippen LogP contribution in [0, 0.1) is 0 Å². The first-order valence-electron chi connectivity index (χ1n) is 10.5. The summed E-state index contributed by atoms with van der Waals surface area (Å²) in [4.78, 5) is 0. The SMILES string of the molecule is C/C=C(\C=C(c1ccccc1)c1ccccc1)c1ccc(C2=CCCC=C2N)cc1. The molecule has 0 aliphatic heterocycles. The Balaban J connectivity index is 1.71. The Kier molecular flexibility index (Phi) is 6.10. The van der Waals surface area contributed by atoms with Crippen LogP contribution in [0.15, 0.2) is 115 Å². The molecule has 0 atom stereocenters. The Bertz CT molecular complexity index is 1070. The number of benzene rings is 3. The van der Waals surface area contributed by atoms with Crippen LogP contribution >= 0.6 is 0 Å². The maximum Gasteiger partial charge on any atom is 0.0350 e. The Morgan fingerprint density at radius 1 is 0.700 bits per heavy atom. The van der Waals surface area contributed by atoms with Gasteiger partial charge in [-0.3, -0.25) is 0 Å². The van der Waals surface area contributed by atoms with E-state index in [1.807, 2.05) is 0 Å². The van der Waals surface area contributed by atoms with Crippen molar-refractivity contribution in [1.29, 1.82) is 0 Å². The van der Waals surface area contributed by atoms with Crippen molar-refractivity contribution in [2.24, 2.45) is 5.73 Å². The van der Waals surface area contributed by atoms with Crippen LogP contribution in [-0.2, 0) is 0 Å². The Labute approximate surface area is 179 Å². The molecule has 0 amide bonds. The molecule has 4 rings (SSSR count). The maximum atomic E-state index is 6.20. The number of rotatable bonds is 5. The monoisotopic (exact) mass is 389 g/mol. The first kappa shape index (κ1) is 19.7. The van der Waals surface area contributed by atoms with Crippen LogP contribution < -0.4 is 5.73 Å². The van der Waals surface area contributed by atoms with Gasteiger partial charge in [0.15, 0.2) is 0 Å². The van der Waals surface area contributed by atoms with E-state index in [-0.39, 0.29) is 0 Å². The zero-order valence-electron chi connectivity index (χ0n) is 17.4. The molecule has 0 bridgehead atoms. The average molecular weight is 390 g/mol. The summed E-state index contributed by atoms with van der Waals surface area (Å²) in [5, 5.41) is 0. The summed E-state index contributed by atoms with van der Waals surface area (Å²) in [5.74, 6) is 0. The summed E-state index contributed by atoms with van der Waals surface area (Å²) in [6, 6.07) is 29.9. The van der Waals surface area contributed by atoms with Gasteiger partial charge in [0.1, 0.15) is 0 Å². The van der Waals surface area contributed by atoms with Crippen molar-refractivity contribution in [3.8, 4) is 0 Å². The summed E-state index contributed by atoms with van der Waals surface area (Å²) in [6.07, 6.45) is 10.9. The lowest BCUT2D eigenvalue weighted by molar-refractivity contribution is 1.02. The Morgan fingerprint density at radius 2 is 1.27 bits per heavy atom. The molecular formula is C29H27N. The van der Waals surface area contributed by atoms with Gasteiger partial charge in [0.2, 0.25) is 0 Å². The van der Waals surface area contributed by atoms with Gasteiger partial charge in [0.05, 0.1) is 0 Å². The van der Waals surface area contributed by atoms with Gasteiger partial charge in [0.25, 0.3) is 0 Å². The average Bonchev–Trinajstić information content (AvgIpc) is 2.82. The first-order chi connectivity index (χ1) is 14.8. The zero-order valence-corrected chi connectivity index (χ0v) is 17.4. The summed E-state index contributed by atoms with van der Waals surface area (Å²) < 4.78 is 0. The van der Waals surface area contributed by atoms with E-state index < -0.39 is 0 Å². The molecule has 1 aliphatic rings. The van der Waals surface area contributed by atoms with E-state index in [0.29, 0.717) is 0 Å². The van der Waals surface area contributed by atoms with Crippen molar-refractivity contribution in [3.63, 3.8) is 0 Å². The fraction of sp³-hybridized carbons (Fsp3) is 0.103. The number of hydrogen-bond donors (Lipinski definition) is 1. The highest BCUT2D eigenvalue weighted by Crippen LogP contribution is 2.30. The molecule has 1 heteroatoms. The number of allylic oxidation sites excluding steroid dienone is 6. The standard InChI is InChI=1S/C29H27N/c1-2-22(23-17-19-26(20-18-23)27-15-9-10-16-29(27)30)21-28(24-11-5-3-6-12-24)25-13-7-4-8-14-25/h2-8,11-21H,9-10,30H2,1H3/b22-2+. The van der Waals surface area contributed by atoms with Gasteiger partial charge in [0, 0.05) is 11.3 Å². The van der Waals surface area contributed by atoms with Crippen LogP contribution in [0.3, 0.4) is 0 Å². The zero-order chi connectivity index (χ0) is 20.8. The normalized spacial score (nSPS) is 14.0. The molecule has 148 valence electrons. The van der Waals surface area contributed by atoms with E-state index >= 15 is 0 Å². The van der Waals surface area contributed by atoms with Crippen molar-refractivity contribution >= 4 is 16.7 Å². The van der Waals surface area contributed by atoms with Gasteiger partial charge >= 0.3 is 0 Å². The predicted octanol–water partition coefficient (Wildman–Crippen LogP) is 7.24. The lowest BCUT2D eigenvalue weighted by Crippen LogP contribution is -2.03. The van der Waals surface area contributed by atoms with Crippen LogP contribution in [0.1, 0.15) is 42.0 Å². The van der Waals surface area contributed by atoms with Crippen molar-refractivity contribution in [2.75, 3.05) is 0 Å². The topological polar surface area (TPSA) is 26.0 Å². The molecule has 2 N–H and O–H groups in total. The predicted molar refractivity (Wildman–Crippen MR) is 130 cm³/mol. The molecule has 0 saturated heterocycles. The highest BCUT2D eigenvalue weighted by atomic mass is 14.6. The fourth-order valence-corrected chi connectivity index (χ4v) is 3.88. The smallest absolute Gasteiger partial charge is 0.0350 e. The molecule has 0 aromatic heterocycles. The van der Waals surface area contributed by atoms with E-state index in [2.05, 4.69) is 116 Å². The van der Waals surface area contributed by atoms with Crippen LogP contribution in [0.4, 0.5) is 0 Å². The van der Waals surface area contributed by atoms with Crippen molar-refractivity contribution < 1.29 is 0 Å². The summed E-state index contributed by atoms with van der Waals surface area (Å²) >= 11 is 0. The van der Waals surface area contributed by atoms with Crippen LogP contribution in [0.2, 0.25) is 0 Å². The molecule has 0 spiro atoms. The van der Waals surface area contributed by atoms with E-state index in [4.69, 9.17) is 5.73 Å². The molecule has 0 fully saturated rings. The van der Waals surface area contributed by atoms with Gasteiger partial charge in [-0.05, 0) is 59.2 Å². The summed E-state index contributed by atoms with van der Waals surface area (Å²) in [5.41, 5.74) is 15.5. The van der Waals surface area contributed by atoms with Crippen molar-refractivity contribution in [1.82, 2.24) is 0 Å². The fourth-order valence-electron chi connectivity index (χ4n) is 3.88. The maximum absolute atomic E-state index is 6.20. The first-order valence-corrected chi connectivity index (χ1v) is 10.5. The van der Waals surface area contributed by atoms with E-state index in [0.717, 1.165) is 24.1 Å². The Morgan fingerprint density at radius 3 is 1.80 bits per heavy atom. The van der Waals surface area contributed by atoms with Gasteiger partial charge in [-0.2, -0.15) is 0 Å². The second kappa shape index (κ2) is 9.28. The quantitative estimate of drug-likeness (QED) is 0.457. The van der Waals surface area contributed by atoms with E-state index in [1.54, 1.807) is 0 Å². The molecule has 1 aliphatic carbocycles. The third-order valence-electron chi connectivity index (χ3n) is 5.50. The lowest BCUT2D eigenvalue weighted by atomic mass is 9.92. The molecule has 1 nitrogen and oxygen atoms in total. The third kappa shape index (κ3) is 4.36. The highest BCUT2D eigenvalue weighted by molar-refractivity contribution is 5.90. The molecule has 0 unspecified atom stereocenters. The van der Waals surface area contributed by atoms with Crippen LogP contribution in [-0.4, -0.2) is 0 Å². The second-order valence-corrected chi connectivity index (χ2v) is 7.47. The van der Waals surface area contributed by atoms with Crippen molar-refractivity contribution in [3.05, 3.63) is 137 Å². The van der Waals surface area contributed by atoms with E-state index in [9.17, 15) is 0 Å². The molecule has 3 aromatic rings. The minimum atomic E-state index is 0.885. The van der Waals surface area contributed by atoms with Crippen LogP contribution in [0.25, 0.3) is 16.7 Å². The number of nitrogens with two attached hydrogens (primary N) is 1. The minimum Gasteiger partial charge on any atom is -0.398 e. The largest absolute Gasteiger partial charge is 0.398 e. The van der Waals surface area contributed by atoms with Crippen molar-refractivity contribution in [2.45, 2.75) is 19.8 Å². The molecular weight excluding hydrogens is 362 g/mol. The van der Waals surface area contributed by atoms with Gasteiger partial charge < -0.3 is 5.73 Å². The second-order valence-electron chi connectivity index (χ2n) is 7.47. The van der Waals surface area contributed by atoms with Gasteiger partial charge in [-0.1, -0.05) is 103 Å². The third-order valence-corrected chi connectivity index (χ3v) is 5.50. The molecule has 30 heavy (non-hydrogen) atoms. The van der Waals surface area contributed by atoms with Crippen LogP contribution in [0.5, 0.6) is 0 Å². The van der Waals surface area contributed by atoms with Gasteiger partial charge in [-0.15, -0.1) is 0 Å².